The fourth-order valence-corrected chi connectivity index (χ4v) is 1.36. The normalized spacial score (nSPS) is 11.7. The number of amides is 1. The summed E-state index contributed by atoms with van der Waals surface area (Å²) in [5.41, 5.74) is -0.306. The number of hydrogen-bond acceptors (Lipinski definition) is 1. The molecular formula is C8H17NO2. The van der Waals surface area contributed by atoms with Crippen molar-refractivity contribution in [3.8, 4) is 0 Å². The largest absolute Gasteiger partial charge is 0.465 e. The molecule has 0 spiro atoms. The summed E-state index contributed by atoms with van der Waals surface area (Å²) in [6.45, 7) is 7.93. The van der Waals surface area contributed by atoms with E-state index in [1.54, 1.807) is 0 Å². The summed E-state index contributed by atoms with van der Waals surface area (Å²) < 4.78 is 0. The topological polar surface area (TPSA) is 49.3 Å². The lowest BCUT2D eigenvalue weighted by Gasteiger charge is -2.26. The van der Waals surface area contributed by atoms with Crippen molar-refractivity contribution in [1.29, 1.82) is 0 Å². The second kappa shape index (κ2) is 3.60. The van der Waals surface area contributed by atoms with Gasteiger partial charge in [0.1, 0.15) is 0 Å². The van der Waals surface area contributed by atoms with Crippen molar-refractivity contribution in [2.24, 2.45) is 5.92 Å². The van der Waals surface area contributed by atoms with Gasteiger partial charge in [-0.1, -0.05) is 13.8 Å². The molecule has 0 saturated heterocycles. The average molecular weight is 159 g/mol. The van der Waals surface area contributed by atoms with E-state index >= 15 is 0 Å². The van der Waals surface area contributed by atoms with Crippen LogP contribution < -0.4 is 5.32 Å². The molecule has 0 aromatic rings. The first kappa shape index (κ1) is 10.3. The Balaban J connectivity index is 3.89. The highest BCUT2D eigenvalue weighted by Crippen LogP contribution is 2.14. The molecule has 0 atom stereocenters. The monoisotopic (exact) mass is 159 g/mol. The van der Waals surface area contributed by atoms with Gasteiger partial charge in [-0.25, -0.2) is 4.79 Å². The summed E-state index contributed by atoms with van der Waals surface area (Å²) in [7, 11) is 0. The van der Waals surface area contributed by atoms with E-state index in [0.29, 0.717) is 5.92 Å². The zero-order chi connectivity index (χ0) is 9.07. The second-order valence-electron chi connectivity index (χ2n) is 3.91. The summed E-state index contributed by atoms with van der Waals surface area (Å²) in [5, 5.41) is 10.9. The van der Waals surface area contributed by atoms with Gasteiger partial charge in [0.25, 0.3) is 0 Å². The molecule has 0 aliphatic heterocycles. The van der Waals surface area contributed by atoms with Gasteiger partial charge in [0.15, 0.2) is 0 Å². The van der Waals surface area contributed by atoms with E-state index in [-0.39, 0.29) is 5.54 Å². The number of nitrogens with one attached hydrogen (secondary N) is 1. The van der Waals surface area contributed by atoms with Gasteiger partial charge in [0.2, 0.25) is 0 Å². The Hall–Kier alpha value is -0.730. The SMILES string of the molecule is CC(C)CC(C)(C)NC(=O)O. The van der Waals surface area contributed by atoms with Crippen LogP contribution in [0, 0.1) is 5.92 Å². The van der Waals surface area contributed by atoms with E-state index in [4.69, 9.17) is 5.11 Å². The maximum atomic E-state index is 10.3. The van der Waals surface area contributed by atoms with E-state index < -0.39 is 6.09 Å². The standard InChI is InChI=1S/C8H17NO2/c1-6(2)5-8(3,4)9-7(10)11/h6,9H,5H2,1-4H3,(H,10,11). The molecule has 0 rings (SSSR count). The third kappa shape index (κ3) is 5.70. The van der Waals surface area contributed by atoms with Crippen molar-refractivity contribution in [1.82, 2.24) is 5.32 Å². The van der Waals surface area contributed by atoms with Gasteiger partial charge in [-0.2, -0.15) is 0 Å². The Morgan fingerprint density at radius 2 is 2.00 bits per heavy atom. The van der Waals surface area contributed by atoms with Gasteiger partial charge >= 0.3 is 6.09 Å². The molecule has 0 unspecified atom stereocenters. The molecular weight excluding hydrogens is 142 g/mol. The van der Waals surface area contributed by atoms with Crippen molar-refractivity contribution in [2.45, 2.75) is 39.7 Å². The summed E-state index contributed by atoms with van der Waals surface area (Å²) in [6.07, 6.45) is -0.0881. The fourth-order valence-electron chi connectivity index (χ4n) is 1.36. The number of hydrogen-bond donors (Lipinski definition) is 2. The number of rotatable bonds is 3. The van der Waals surface area contributed by atoms with Crippen LogP contribution in [0.15, 0.2) is 0 Å². The van der Waals surface area contributed by atoms with Crippen LogP contribution >= 0.6 is 0 Å². The van der Waals surface area contributed by atoms with Crippen molar-refractivity contribution >= 4 is 6.09 Å². The summed E-state index contributed by atoms with van der Waals surface area (Å²) in [4.78, 5) is 10.3. The van der Waals surface area contributed by atoms with E-state index in [2.05, 4.69) is 19.2 Å². The molecule has 0 aromatic heterocycles. The highest BCUT2D eigenvalue weighted by molar-refractivity contribution is 5.65. The van der Waals surface area contributed by atoms with Crippen LogP contribution in [-0.4, -0.2) is 16.7 Å². The third-order valence-electron chi connectivity index (χ3n) is 1.36. The van der Waals surface area contributed by atoms with E-state index in [9.17, 15) is 4.79 Å². The average Bonchev–Trinajstić information content (AvgIpc) is 1.53. The van der Waals surface area contributed by atoms with Gasteiger partial charge in [-0.15, -0.1) is 0 Å². The number of carbonyl (C=O) groups is 1. The lowest BCUT2D eigenvalue weighted by Crippen LogP contribution is -2.43. The molecule has 0 bridgehead atoms. The van der Waals surface area contributed by atoms with Gasteiger partial charge in [0.05, 0.1) is 0 Å². The summed E-state index contributed by atoms with van der Waals surface area (Å²) in [6, 6.07) is 0. The van der Waals surface area contributed by atoms with Gasteiger partial charge in [0, 0.05) is 5.54 Å². The van der Waals surface area contributed by atoms with Crippen LogP contribution in [0.3, 0.4) is 0 Å². The minimum absolute atomic E-state index is 0.306. The smallest absolute Gasteiger partial charge is 0.405 e. The van der Waals surface area contributed by atoms with Crippen LogP contribution in [0.5, 0.6) is 0 Å². The van der Waals surface area contributed by atoms with E-state index in [1.165, 1.54) is 0 Å². The Morgan fingerprint density at radius 1 is 1.55 bits per heavy atom. The maximum absolute atomic E-state index is 10.3. The molecule has 0 aliphatic rings. The highest BCUT2D eigenvalue weighted by Gasteiger charge is 2.20. The molecule has 0 heterocycles. The summed E-state index contributed by atoms with van der Waals surface area (Å²) in [5.74, 6) is 0.511. The molecule has 0 aliphatic carbocycles. The van der Waals surface area contributed by atoms with Crippen molar-refractivity contribution in [2.75, 3.05) is 0 Å². The molecule has 2 N–H and O–H groups in total. The first-order chi connectivity index (χ1) is 4.83. The third-order valence-corrected chi connectivity index (χ3v) is 1.36. The Bertz CT molecular complexity index is 141. The van der Waals surface area contributed by atoms with Crippen LogP contribution in [0.2, 0.25) is 0 Å². The van der Waals surface area contributed by atoms with E-state index in [0.717, 1.165) is 6.42 Å². The quantitative estimate of drug-likeness (QED) is 0.662. The molecule has 3 heteroatoms. The first-order valence-electron chi connectivity index (χ1n) is 3.84. The van der Waals surface area contributed by atoms with E-state index in [1.807, 2.05) is 13.8 Å². The van der Waals surface area contributed by atoms with Crippen molar-refractivity contribution < 1.29 is 9.90 Å². The Labute approximate surface area is 67.8 Å². The second-order valence-corrected chi connectivity index (χ2v) is 3.91. The lowest BCUT2D eigenvalue weighted by atomic mass is 9.93. The fraction of sp³-hybridized carbons (Fsp3) is 0.875. The molecule has 66 valence electrons. The predicted octanol–water partition coefficient (Wildman–Crippen LogP) is 2.08. The zero-order valence-electron chi connectivity index (χ0n) is 7.64. The molecule has 0 aromatic carbocycles. The van der Waals surface area contributed by atoms with Gasteiger partial charge < -0.3 is 10.4 Å². The molecule has 1 amide bonds. The first-order valence-corrected chi connectivity index (χ1v) is 3.84. The van der Waals surface area contributed by atoms with Crippen LogP contribution in [0.1, 0.15) is 34.1 Å². The summed E-state index contributed by atoms with van der Waals surface area (Å²) >= 11 is 0. The molecule has 0 fully saturated rings. The molecule has 11 heavy (non-hydrogen) atoms. The lowest BCUT2D eigenvalue weighted by molar-refractivity contribution is 0.178. The minimum Gasteiger partial charge on any atom is -0.465 e. The van der Waals surface area contributed by atoms with Crippen LogP contribution in [-0.2, 0) is 0 Å². The van der Waals surface area contributed by atoms with Crippen molar-refractivity contribution in [3.63, 3.8) is 0 Å². The van der Waals surface area contributed by atoms with Crippen LogP contribution in [0.25, 0.3) is 0 Å². The molecule has 3 nitrogen and oxygen atoms in total. The minimum atomic E-state index is -0.948. The molecule has 0 saturated carbocycles. The predicted molar refractivity (Wildman–Crippen MR) is 44.7 cm³/mol. The zero-order valence-corrected chi connectivity index (χ0v) is 7.64. The molecule has 0 radical (unpaired) electrons. The maximum Gasteiger partial charge on any atom is 0.405 e. The van der Waals surface area contributed by atoms with Gasteiger partial charge in [-0.3, -0.25) is 0 Å². The Kier molecular flexibility index (Phi) is 3.36. The Morgan fingerprint density at radius 3 is 2.27 bits per heavy atom. The number of carboxylic acid groups (broad SMARTS) is 1. The van der Waals surface area contributed by atoms with Crippen LogP contribution in [0.4, 0.5) is 4.79 Å². The van der Waals surface area contributed by atoms with Gasteiger partial charge in [-0.05, 0) is 26.2 Å². The van der Waals surface area contributed by atoms with Crippen molar-refractivity contribution in [3.05, 3.63) is 0 Å². The highest BCUT2D eigenvalue weighted by atomic mass is 16.4.